The van der Waals surface area contributed by atoms with Gasteiger partial charge in [-0.1, -0.05) is 0 Å². The Bertz CT molecular complexity index is 566. The van der Waals surface area contributed by atoms with Crippen LogP contribution in [-0.4, -0.2) is 35.1 Å². The number of nitrogens with one attached hydrogen (secondary N) is 3. The van der Waals surface area contributed by atoms with Crippen LogP contribution in [0.15, 0.2) is 0 Å². The van der Waals surface area contributed by atoms with E-state index >= 15 is 0 Å². The van der Waals surface area contributed by atoms with Gasteiger partial charge in [-0.05, 0) is 31.6 Å². The van der Waals surface area contributed by atoms with Crippen LogP contribution in [0.4, 0.5) is 5.82 Å². The molecule has 2 amide bonds. The van der Waals surface area contributed by atoms with Gasteiger partial charge >= 0.3 is 0 Å². The van der Waals surface area contributed by atoms with Crippen molar-refractivity contribution in [1.82, 2.24) is 15.5 Å². The molecule has 1 unspecified atom stereocenters. The number of nitrogens with two attached hydrogens (primary N) is 1. The zero-order valence-corrected chi connectivity index (χ0v) is 13.3. The van der Waals surface area contributed by atoms with E-state index in [2.05, 4.69) is 20.8 Å². The molecule has 122 valence electrons. The van der Waals surface area contributed by atoms with Crippen LogP contribution in [0.25, 0.3) is 0 Å². The number of aromatic nitrogens is 2. The number of fused-ring (bicyclic) bond motifs is 1. The molecule has 1 fully saturated rings. The van der Waals surface area contributed by atoms with E-state index in [1.165, 1.54) is 0 Å². The molecule has 0 bridgehead atoms. The first-order valence-corrected chi connectivity index (χ1v) is 7.46. The number of carbonyl (C=O) groups is 2. The first-order chi connectivity index (χ1) is 10.1. The van der Waals surface area contributed by atoms with E-state index < -0.39 is 0 Å². The predicted molar refractivity (Wildman–Crippen MR) is 85.1 cm³/mol. The summed E-state index contributed by atoms with van der Waals surface area (Å²) in [7, 11) is 1.59. The lowest BCUT2D eigenvalue weighted by molar-refractivity contribution is -0.117. The molecule has 0 saturated heterocycles. The Labute approximate surface area is 135 Å². The van der Waals surface area contributed by atoms with Gasteiger partial charge in [-0.15, -0.1) is 12.4 Å². The van der Waals surface area contributed by atoms with E-state index in [1.54, 1.807) is 7.05 Å². The molecule has 1 aliphatic heterocycles. The zero-order chi connectivity index (χ0) is 15.0. The number of carbonyl (C=O) groups excluding carboxylic acids is 2. The van der Waals surface area contributed by atoms with Crippen LogP contribution in [-0.2, 0) is 4.79 Å². The highest BCUT2D eigenvalue weighted by Crippen LogP contribution is 2.43. The standard InChI is InChI=1S/C14H21N5O2.ClH/c1-16-14(21)12-11-9(7-2-4-8(15)5-3-7)6-10(20)17-13(11)19-18-12;/h7-9H,2-6,15H2,1H3,(H,16,21)(H2,17,18,19,20);1H. The Kier molecular flexibility index (Phi) is 5.08. The lowest BCUT2D eigenvalue weighted by Crippen LogP contribution is -2.33. The van der Waals surface area contributed by atoms with Crippen LogP contribution in [0.2, 0.25) is 0 Å². The molecule has 1 atom stereocenters. The molecule has 1 aromatic rings. The summed E-state index contributed by atoms with van der Waals surface area (Å²) in [6, 6.07) is 0.265. The molecule has 8 heteroatoms. The number of aromatic amines is 1. The van der Waals surface area contributed by atoms with Gasteiger partial charge in [0.1, 0.15) is 5.69 Å². The molecule has 7 nitrogen and oxygen atoms in total. The topological polar surface area (TPSA) is 113 Å². The fourth-order valence-electron chi connectivity index (χ4n) is 3.54. The number of amides is 2. The normalized spacial score (nSPS) is 27.4. The van der Waals surface area contributed by atoms with Crippen LogP contribution in [0.1, 0.15) is 54.1 Å². The van der Waals surface area contributed by atoms with Gasteiger partial charge in [-0.25, -0.2) is 0 Å². The average Bonchev–Trinajstić information content (AvgIpc) is 2.90. The van der Waals surface area contributed by atoms with Crippen molar-refractivity contribution in [3.63, 3.8) is 0 Å². The van der Waals surface area contributed by atoms with Gasteiger partial charge < -0.3 is 16.4 Å². The summed E-state index contributed by atoms with van der Waals surface area (Å²) in [5.74, 6) is 0.711. The Morgan fingerprint density at radius 2 is 2.00 bits per heavy atom. The Balaban J connectivity index is 0.00000176. The number of halogens is 1. The summed E-state index contributed by atoms with van der Waals surface area (Å²) >= 11 is 0. The largest absolute Gasteiger partial charge is 0.354 e. The maximum absolute atomic E-state index is 12.0. The molecule has 2 aliphatic rings. The van der Waals surface area contributed by atoms with Gasteiger partial charge in [0.25, 0.3) is 5.91 Å². The third kappa shape index (κ3) is 2.96. The summed E-state index contributed by atoms with van der Waals surface area (Å²) in [4.78, 5) is 23.9. The predicted octanol–water partition coefficient (Wildman–Crippen LogP) is 1.13. The average molecular weight is 328 g/mol. The van der Waals surface area contributed by atoms with Gasteiger partial charge in [0.15, 0.2) is 5.82 Å². The van der Waals surface area contributed by atoms with E-state index in [9.17, 15) is 9.59 Å². The highest BCUT2D eigenvalue weighted by molar-refractivity contribution is 6.00. The Hall–Kier alpha value is -1.60. The van der Waals surface area contributed by atoms with Crippen molar-refractivity contribution >= 4 is 30.0 Å². The Morgan fingerprint density at radius 1 is 1.32 bits per heavy atom. The molecular formula is C14H22ClN5O2. The smallest absolute Gasteiger partial charge is 0.269 e. The van der Waals surface area contributed by atoms with Gasteiger partial charge in [0.2, 0.25) is 5.91 Å². The third-order valence-corrected chi connectivity index (χ3v) is 4.68. The fourth-order valence-corrected chi connectivity index (χ4v) is 3.54. The van der Waals surface area contributed by atoms with E-state index in [-0.39, 0.29) is 36.2 Å². The molecule has 1 aromatic heterocycles. The Morgan fingerprint density at radius 3 is 2.64 bits per heavy atom. The minimum absolute atomic E-state index is 0. The fraction of sp³-hybridized carbons (Fsp3) is 0.643. The van der Waals surface area contributed by atoms with Crippen molar-refractivity contribution in [3.05, 3.63) is 11.3 Å². The maximum Gasteiger partial charge on any atom is 0.269 e. The third-order valence-electron chi connectivity index (χ3n) is 4.68. The number of nitrogens with zero attached hydrogens (tertiary/aromatic N) is 1. The zero-order valence-electron chi connectivity index (χ0n) is 12.5. The van der Waals surface area contributed by atoms with E-state index in [0.29, 0.717) is 23.9 Å². The van der Waals surface area contributed by atoms with Crippen molar-refractivity contribution in [3.8, 4) is 0 Å². The minimum Gasteiger partial charge on any atom is -0.354 e. The van der Waals surface area contributed by atoms with Gasteiger partial charge in [0, 0.05) is 31.0 Å². The molecular weight excluding hydrogens is 306 g/mol. The van der Waals surface area contributed by atoms with Crippen LogP contribution < -0.4 is 16.4 Å². The summed E-state index contributed by atoms with van der Waals surface area (Å²) in [6.07, 6.45) is 4.36. The number of anilines is 1. The summed E-state index contributed by atoms with van der Waals surface area (Å²) in [6.45, 7) is 0. The maximum atomic E-state index is 12.0. The molecule has 5 N–H and O–H groups in total. The van der Waals surface area contributed by atoms with Crippen molar-refractivity contribution in [2.45, 2.75) is 44.1 Å². The molecule has 3 rings (SSSR count). The van der Waals surface area contributed by atoms with Gasteiger partial charge in [-0.3, -0.25) is 14.7 Å². The van der Waals surface area contributed by atoms with Crippen LogP contribution >= 0.6 is 12.4 Å². The quantitative estimate of drug-likeness (QED) is 0.652. The van der Waals surface area contributed by atoms with Crippen molar-refractivity contribution < 1.29 is 9.59 Å². The molecule has 1 saturated carbocycles. The molecule has 0 aromatic carbocycles. The second kappa shape index (κ2) is 6.66. The lowest BCUT2D eigenvalue weighted by Gasteiger charge is -2.34. The van der Waals surface area contributed by atoms with E-state index in [4.69, 9.17) is 5.73 Å². The van der Waals surface area contributed by atoms with Crippen molar-refractivity contribution in [2.24, 2.45) is 11.7 Å². The second-order valence-corrected chi connectivity index (χ2v) is 5.97. The first-order valence-electron chi connectivity index (χ1n) is 7.46. The molecule has 0 spiro atoms. The van der Waals surface area contributed by atoms with E-state index in [0.717, 1.165) is 31.2 Å². The SMILES string of the molecule is CNC(=O)c1[nH]nc2c1C(C1CCC(N)CC1)CC(=O)N2.Cl. The second-order valence-electron chi connectivity index (χ2n) is 5.97. The monoisotopic (exact) mass is 327 g/mol. The van der Waals surface area contributed by atoms with Gasteiger partial charge in [-0.2, -0.15) is 5.10 Å². The summed E-state index contributed by atoms with van der Waals surface area (Å²) < 4.78 is 0. The number of rotatable bonds is 2. The van der Waals surface area contributed by atoms with Crippen molar-refractivity contribution in [2.75, 3.05) is 12.4 Å². The van der Waals surface area contributed by atoms with E-state index in [1.807, 2.05) is 0 Å². The highest BCUT2D eigenvalue weighted by Gasteiger charge is 2.38. The number of hydrogen-bond acceptors (Lipinski definition) is 4. The van der Waals surface area contributed by atoms with Crippen molar-refractivity contribution in [1.29, 1.82) is 0 Å². The number of hydrogen-bond donors (Lipinski definition) is 4. The molecule has 0 radical (unpaired) electrons. The highest BCUT2D eigenvalue weighted by atomic mass is 35.5. The molecule has 2 heterocycles. The molecule has 22 heavy (non-hydrogen) atoms. The van der Waals surface area contributed by atoms with Crippen LogP contribution in [0.5, 0.6) is 0 Å². The lowest BCUT2D eigenvalue weighted by atomic mass is 9.73. The minimum atomic E-state index is -0.197. The van der Waals surface area contributed by atoms with Crippen LogP contribution in [0, 0.1) is 5.92 Å². The number of H-pyrrole nitrogens is 1. The van der Waals surface area contributed by atoms with Crippen LogP contribution in [0.3, 0.4) is 0 Å². The summed E-state index contributed by atoms with van der Waals surface area (Å²) in [5.41, 5.74) is 7.29. The molecule has 1 aliphatic carbocycles. The first kappa shape index (κ1) is 16.8. The summed E-state index contributed by atoms with van der Waals surface area (Å²) in [5, 5.41) is 12.2. The van der Waals surface area contributed by atoms with Gasteiger partial charge in [0.05, 0.1) is 0 Å².